The number of nitrogens with zero attached hydrogens (tertiary/aromatic N) is 3. The maximum atomic E-state index is 12.3. The number of pyridine rings is 2. The van der Waals surface area contributed by atoms with Crippen LogP contribution in [0.5, 0.6) is 0 Å². The van der Waals surface area contributed by atoms with E-state index in [0.29, 0.717) is 10.7 Å². The van der Waals surface area contributed by atoms with Gasteiger partial charge >= 0.3 is 6.09 Å². The van der Waals surface area contributed by atoms with Crippen LogP contribution in [0.3, 0.4) is 0 Å². The molecule has 8 heteroatoms. The molecule has 0 radical (unpaired) electrons. The monoisotopic (exact) mass is 330 g/mol. The number of rotatable bonds is 3. The summed E-state index contributed by atoms with van der Waals surface area (Å²) in [5.41, 5.74) is 0.716. The van der Waals surface area contributed by atoms with E-state index in [9.17, 15) is 9.59 Å². The summed E-state index contributed by atoms with van der Waals surface area (Å²) in [6.45, 7) is 0.0494. The first-order valence-corrected chi connectivity index (χ1v) is 7.01. The summed E-state index contributed by atoms with van der Waals surface area (Å²) in [5, 5.41) is 2.76. The second-order valence-corrected chi connectivity index (χ2v) is 5.05. The van der Waals surface area contributed by atoms with E-state index in [2.05, 4.69) is 15.3 Å². The molecule has 3 rings (SSSR count). The Morgan fingerprint density at radius 3 is 2.96 bits per heavy atom. The number of aromatic nitrogens is 3. The van der Waals surface area contributed by atoms with E-state index in [1.807, 2.05) is 0 Å². The molecule has 0 saturated carbocycles. The average Bonchev–Trinajstić information content (AvgIpc) is 2.57. The van der Waals surface area contributed by atoms with Gasteiger partial charge in [0.2, 0.25) is 0 Å². The number of nitrogens with one attached hydrogen (secondary N) is 1. The summed E-state index contributed by atoms with van der Waals surface area (Å²) >= 11 is 5.86. The van der Waals surface area contributed by atoms with Gasteiger partial charge in [-0.15, -0.1) is 0 Å². The quantitative estimate of drug-likeness (QED) is 0.797. The lowest BCUT2D eigenvalue weighted by Gasteiger charge is -2.07. The maximum Gasteiger partial charge on any atom is 0.412 e. The van der Waals surface area contributed by atoms with Crippen molar-refractivity contribution in [2.24, 2.45) is 0 Å². The van der Waals surface area contributed by atoms with Crippen LogP contribution >= 0.6 is 11.6 Å². The summed E-state index contributed by atoms with van der Waals surface area (Å²) in [5.74, 6) is 0. The lowest BCUT2D eigenvalue weighted by Crippen LogP contribution is -2.23. The van der Waals surface area contributed by atoms with E-state index in [-0.39, 0.29) is 12.3 Å². The molecule has 0 unspecified atom stereocenters. The molecular formula is C15H11ClN4O3. The standard InChI is InChI=1S/C15H11ClN4O3/c16-11-3-4-13-18-7-12(14(21)20(13)8-11)19-15(22)23-9-10-2-1-5-17-6-10/h1-8H,9H2,(H,19,22). The van der Waals surface area contributed by atoms with Crippen molar-refractivity contribution in [2.75, 3.05) is 5.32 Å². The fourth-order valence-corrected chi connectivity index (χ4v) is 2.08. The first-order chi connectivity index (χ1) is 11.1. The Hall–Kier alpha value is -2.93. The van der Waals surface area contributed by atoms with Crippen molar-refractivity contribution in [1.29, 1.82) is 0 Å². The maximum absolute atomic E-state index is 12.3. The number of anilines is 1. The zero-order valence-corrected chi connectivity index (χ0v) is 12.5. The lowest BCUT2D eigenvalue weighted by molar-refractivity contribution is 0.155. The molecule has 0 aliphatic heterocycles. The molecule has 7 nitrogen and oxygen atoms in total. The smallest absolute Gasteiger partial charge is 0.412 e. The zero-order valence-electron chi connectivity index (χ0n) is 11.8. The number of fused-ring (bicyclic) bond motifs is 1. The topological polar surface area (TPSA) is 85.6 Å². The van der Waals surface area contributed by atoms with Crippen molar-refractivity contribution in [3.05, 3.63) is 70.0 Å². The molecule has 0 bridgehead atoms. The molecule has 3 aromatic rings. The first-order valence-electron chi connectivity index (χ1n) is 6.63. The SMILES string of the molecule is O=C(Nc1cnc2ccc(Cl)cn2c1=O)OCc1cccnc1. The van der Waals surface area contributed by atoms with Gasteiger partial charge in [0.1, 0.15) is 17.9 Å². The minimum Gasteiger partial charge on any atom is -0.444 e. The molecule has 1 amide bonds. The van der Waals surface area contributed by atoms with E-state index in [4.69, 9.17) is 16.3 Å². The van der Waals surface area contributed by atoms with Gasteiger partial charge in [0.15, 0.2) is 0 Å². The minimum absolute atomic E-state index is 0.000883. The highest BCUT2D eigenvalue weighted by Crippen LogP contribution is 2.09. The minimum atomic E-state index is -0.755. The molecule has 23 heavy (non-hydrogen) atoms. The van der Waals surface area contributed by atoms with Gasteiger partial charge in [-0.25, -0.2) is 9.78 Å². The Balaban J connectivity index is 1.75. The highest BCUT2D eigenvalue weighted by molar-refractivity contribution is 6.30. The summed E-state index contributed by atoms with van der Waals surface area (Å²) in [6, 6.07) is 6.74. The molecule has 0 saturated heterocycles. The number of hydrogen-bond acceptors (Lipinski definition) is 5. The predicted octanol–water partition coefficient (Wildman–Crippen LogP) is 2.49. The molecule has 3 heterocycles. The van der Waals surface area contributed by atoms with Crippen LogP contribution in [0.25, 0.3) is 5.65 Å². The molecule has 0 atom stereocenters. The zero-order chi connectivity index (χ0) is 16.2. The summed E-state index contributed by atoms with van der Waals surface area (Å²) in [6.07, 6.45) is 5.16. The number of carbonyl (C=O) groups excluding carboxylic acids is 1. The normalized spacial score (nSPS) is 10.5. The van der Waals surface area contributed by atoms with Crippen LogP contribution in [0, 0.1) is 0 Å². The van der Waals surface area contributed by atoms with E-state index >= 15 is 0 Å². The molecule has 3 aromatic heterocycles. The first kappa shape index (κ1) is 15.0. The third-order valence-electron chi connectivity index (χ3n) is 3.00. The molecule has 1 N–H and O–H groups in total. The fourth-order valence-electron chi connectivity index (χ4n) is 1.91. The Bertz CT molecular complexity index is 911. The second-order valence-electron chi connectivity index (χ2n) is 4.61. The Kier molecular flexibility index (Phi) is 4.20. The van der Waals surface area contributed by atoms with Crippen LogP contribution in [0.2, 0.25) is 5.02 Å². The Morgan fingerprint density at radius 2 is 2.17 bits per heavy atom. The number of halogens is 1. The molecule has 0 aliphatic rings. The van der Waals surface area contributed by atoms with Gasteiger partial charge in [-0.1, -0.05) is 17.7 Å². The summed E-state index contributed by atoms with van der Waals surface area (Å²) in [7, 11) is 0. The molecule has 0 aromatic carbocycles. The van der Waals surface area contributed by atoms with E-state index < -0.39 is 11.7 Å². The van der Waals surface area contributed by atoms with Gasteiger partial charge in [-0.05, 0) is 18.2 Å². The van der Waals surface area contributed by atoms with Crippen molar-refractivity contribution in [3.8, 4) is 0 Å². The van der Waals surface area contributed by atoms with E-state index in [1.54, 1.807) is 36.7 Å². The van der Waals surface area contributed by atoms with Crippen molar-refractivity contribution < 1.29 is 9.53 Å². The predicted molar refractivity (Wildman–Crippen MR) is 84.5 cm³/mol. The molecule has 0 spiro atoms. The van der Waals surface area contributed by atoms with Crippen LogP contribution in [0.15, 0.2) is 53.8 Å². The highest BCUT2D eigenvalue weighted by atomic mass is 35.5. The average molecular weight is 331 g/mol. The third kappa shape index (κ3) is 3.46. The van der Waals surface area contributed by atoms with Crippen LogP contribution in [-0.4, -0.2) is 20.5 Å². The van der Waals surface area contributed by atoms with Gasteiger partial charge in [-0.3, -0.25) is 19.5 Å². The van der Waals surface area contributed by atoms with E-state index in [0.717, 1.165) is 5.56 Å². The van der Waals surface area contributed by atoms with Crippen LogP contribution < -0.4 is 10.9 Å². The van der Waals surface area contributed by atoms with E-state index in [1.165, 1.54) is 16.8 Å². The van der Waals surface area contributed by atoms with Crippen LogP contribution in [0.4, 0.5) is 10.5 Å². The number of amides is 1. The van der Waals surface area contributed by atoms with Crippen molar-refractivity contribution in [1.82, 2.24) is 14.4 Å². The van der Waals surface area contributed by atoms with Crippen LogP contribution in [0.1, 0.15) is 5.56 Å². The molecule has 0 fully saturated rings. The summed E-state index contributed by atoms with van der Waals surface area (Å²) in [4.78, 5) is 32.1. The molecular weight excluding hydrogens is 320 g/mol. The van der Waals surface area contributed by atoms with Gasteiger partial charge in [0.05, 0.1) is 11.2 Å². The van der Waals surface area contributed by atoms with Crippen LogP contribution in [-0.2, 0) is 11.3 Å². The number of hydrogen-bond donors (Lipinski definition) is 1. The van der Waals surface area contributed by atoms with Gasteiger partial charge in [0, 0.05) is 24.2 Å². The highest BCUT2D eigenvalue weighted by Gasteiger charge is 2.10. The van der Waals surface area contributed by atoms with Crippen molar-refractivity contribution in [2.45, 2.75) is 6.61 Å². The Labute approximate surface area is 135 Å². The summed E-state index contributed by atoms with van der Waals surface area (Å²) < 4.78 is 6.28. The number of ether oxygens (including phenoxy) is 1. The van der Waals surface area contributed by atoms with Gasteiger partial charge in [-0.2, -0.15) is 0 Å². The van der Waals surface area contributed by atoms with Crippen molar-refractivity contribution in [3.63, 3.8) is 0 Å². The second kappa shape index (κ2) is 6.45. The molecule has 116 valence electrons. The lowest BCUT2D eigenvalue weighted by atomic mass is 10.3. The van der Waals surface area contributed by atoms with Crippen molar-refractivity contribution >= 4 is 29.0 Å². The Morgan fingerprint density at radius 1 is 1.30 bits per heavy atom. The fraction of sp³-hybridized carbons (Fsp3) is 0.0667. The number of carbonyl (C=O) groups is 1. The van der Waals surface area contributed by atoms with Gasteiger partial charge in [0.25, 0.3) is 5.56 Å². The molecule has 0 aliphatic carbocycles. The largest absolute Gasteiger partial charge is 0.444 e. The van der Waals surface area contributed by atoms with Gasteiger partial charge < -0.3 is 4.74 Å². The third-order valence-corrected chi connectivity index (χ3v) is 3.22.